The van der Waals surface area contributed by atoms with Gasteiger partial charge in [0.15, 0.2) is 0 Å². The summed E-state index contributed by atoms with van der Waals surface area (Å²) in [5.41, 5.74) is 4.35. The molecule has 3 aromatic carbocycles. The minimum Gasteiger partial charge on any atom is -0.508 e. The van der Waals surface area contributed by atoms with Crippen LogP contribution >= 0.6 is 0 Å². The van der Waals surface area contributed by atoms with Crippen LogP contribution in [0.15, 0.2) is 77.0 Å². The third kappa shape index (κ3) is 5.42. The number of carbonyl (C=O) groups excluding carboxylic acids is 1. The van der Waals surface area contributed by atoms with Crippen LogP contribution in [-0.4, -0.2) is 11.1 Å². The average Bonchev–Trinajstić information content (AvgIpc) is 2.70. The van der Waals surface area contributed by atoms with Gasteiger partial charge in [0.25, 0.3) is 0 Å². The van der Waals surface area contributed by atoms with E-state index in [1.54, 1.807) is 30.3 Å². The molecule has 0 aliphatic carbocycles. The molecule has 3 rings (SSSR count). The Labute approximate surface area is 170 Å². The summed E-state index contributed by atoms with van der Waals surface area (Å²) in [5.74, 6) is 0.389. The number of urea groups is 1. The molecule has 0 bridgehead atoms. The van der Waals surface area contributed by atoms with Gasteiger partial charge in [-0.15, -0.1) is 0 Å². The molecule has 3 N–H and O–H groups in total. The Morgan fingerprint density at radius 2 is 1.52 bits per heavy atom. The van der Waals surface area contributed by atoms with E-state index in [1.807, 2.05) is 57.2 Å². The molecule has 0 heterocycles. The molecule has 0 fully saturated rings. The van der Waals surface area contributed by atoms with E-state index >= 15 is 0 Å². The molecule has 2 amide bonds. The highest BCUT2D eigenvalue weighted by molar-refractivity contribution is 6.00. The second kappa shape index (κ2) is 9.01. The molecule has 0 saturated heterocycles. The molecule has 0 unspecified atom stereocenters. The molecule has 0 spiro atoms. The Hall–Kier alpha value is -3.67. The van der Waals surface area contributed by atoms with Crippen molar-refractivity contribution in [2.75, 3.05) is 10.6 Å². The lowest BCUT2D eigenvalue weighted by Gasteiger charge is -2.15. The first-order valence-corrected chi connectivity index (χ1v) is 9.41. The van der Waals surface area contributed by atoms with Crippen LogP contribution in [0.2, 0.25) is 0 Å². The lowest BCUT2D eigenvalue weighted by Crippen LogP contribution is -2.20. The van der Waals surface area contributed by atoms with E-state index < -0.39 is 0 Å². The quantitative estimate of drug-likeness (QED) is 0.328. The SMILES string of the molecule is Cc1cc(O)c(C(C)C)cc1NC(=O)Nc1ccc(N=Nc2ccccc2)cc1. The third-order valence-corrected chi connectivity index (χ3v) is 4.41. The summed E-state index contributed by atoms with van der Waals surface area (Å²) < 4.78 is 0. The first kappa shape index (κ1) is 20.1. The summed E-state index contributed by atoms with van der Waals surface area (Å²) in [7, 11) is 0. The summed E-state index contributed by atoms with van der Waals surface area (Å²) in [6.45, 7) is 5.82. The van der Waals surface area contributed by atoms with Crippen LogP contribution in [0.25, 0.3) is 0 Å². The van der Waals surface area contributed by atoms with Gasteiger partial charge in [-0.2, -0.15) is 10.2 Å². The van der Waals surface area contributed by atoms with E-state index in [9.17, 15) is 9.90 Å². The molecule has 0 aromatic heterocycles. The van der Waals surface area contributed by atoms with Crippen molar-refractivity contribution in [3.8, 4) is 5.75 Å². The van der Waals surface area contributed by atoms with Crippen molar-refractivity contribution >= 4 is 28.8 Å². The first-order chi connectivity index (χ1) is 13.9. The van der Waals surface area contributed by atoms with Crippen LogP contribution in [0.5, 0.6) is 5.75 Å². The highest BCUT2D eigenvalue weighted by atomic mass is 16.3. The van der Waals surface area contributed by atoms with Crippen molar-refractivity contribution in [3.05, 3.63) is 77.9 Å². The van der Waals surface area contributed by atoms with E-state index in [-0.39, 0.29) is 17.7 Å². The predicted octanol–water partition coefficient (Wildman–Crippen LogP) is 6.88. The fourth-order valence-corrected chi connectivity index (χ4v) is 2.81. The molecule has 0 radical (unpaired) electrons. The summed E-state index contributed by atoms with van der Waals surface area (Å²) >= 11 is 0. The van der Waals surface area contributed by atoms with E-state index in [4.69, 9.17) is 0 Å². The summed E-state index contributed by atoms with van der Waals surface area (Å²) in [6.07, 6.45) is 0. The predicted molar refractivity (Wildman–Crippen MR) is 117 cm³/mol. The molecule has 0 aliphatic heterocycles. The van der Waals surface area contributed by atoms with Gasteiger partial charge in [-0.3, -0.25) is 0 Å². The molecule has 0 atom stereocenters. The van der Waals surface area contributed by atoms with Gasteiger partial charge in [0.1, 0.15) is 5.75 Å². The molecule has 6 heteroatoms. The minimum atomic E-state index is -0.354. The van der Waals surface area contributed by atoms with E-state index in [2.05, 4.69) is 20.9 Å². The number of aromatic hydroxyl groups is 1. The van der Waals surface area contributed by atoms with Gasteiger partial charge in [0.05, 0.1) is 11.4 Å². The van der Waals surface area contributed by atoms with Gasteiger partial charge in [-0.05, 0) is 72.5 Å². The Morgan fingerprint density at radius 3 is 2.14 bits per heavy atom. The summed E-state index contributed by atoms with van der Waals surface area (Å²) in [5, 5.41) is 24.0. The Bertz CT molecular complexity index is 1010. The zero-order chi connectivity index (χ0) is 20.8. The number of carbonyl (C=O) groups is 1. The number of rotatable bonds is 5. The summed E-state index contributed by atoms with van der Waals surface area (Å²) in [4.78, 5) is 12.4. The second-order valence-electron chi connectivity index (χ2n) is 7.04. The number of anilines is 2. The molecule has 148 valence electrons. The van der Waals surface area contributed by atoms with Crippen molar-refractivity contribution in [1.29, 1.82) is 0 Å². The Balaban J connectivity index is 1.64. The minimum absolute atomic E-state index is 0.150. The third-order valence-electron chi connectivity index (χ3n) is 4.41. The monoisotopic (exact) mass is 388 g/mol. The van der Waals surface area contributed by atoms with Gasteiger partial charge in [-0.1, -0.05) is 32.0 Å². The number of aryl methyl sites for hydroxylation is 1. The number of benzene rings is 3. The van der Waals surface area contributed by atoms with Crippen LogP contribution in [0.3, 0.4) is 0 Å². The molecule has 0 saturated carbocycles. The van der Waals surface area contributed by atoms with E-state index in [0.29, 0.717) is 17.1 Å². The van der Waals surface area contributed by atoms with Crippen molar-refractivity contribution < 1.29 is 9.90 Å². The van der Waals surface area contributed by atoms with Crippen LogP contribution in [0.4, 0.5) is 27.5 Å². The van der Waals surface area contributed by atoms with Gasteiger partial charge in [-0.25, -0.2) is 4.79 Å². The zero-order valence-electron chi connectivity index (χ0n) is 16.7. The lowest BCUT2D eigenvalue weighted by atomic mass is 9.99. The Kier molecular flexibility index (Phi) is 6.24. The smallest absolute Gasteiger partial charge is 0.323 e. The van der Waals surface area contributed by atoms with Crippen LogP contribution in [0, 0.1) is 6.92 Å². The maximum absolute atomic E-state index is 12.4. The lowest BCUT2D eigenvalue weighted by molar-refractivity contribution is 0.262. The fraction of sp³-hybridized carbons (Fsp3) is 0.174. The van der Waals surface area contributed by atoms with Crippen molar-refractivity contribution in [1.82, 2.24) is 0 Å². The van der Waals surface area contributed by atoms with Crippen LogP contribution in [-0.2, 0) is 0 Å². The highest BCUT2D eigenvalue weighted by Crippen LogP contribution is 2.31. The fourth-order valence-electron chi connectivity index (χ4n) is 2.81. The molecule has 0 aliphatic rings. The number of hydrogen-bond acceptors (Lipinski definition) is 4. The number of hydrogen-bond donors (Lipinski definition) is 3. The van der Waals surface area contributed by atoms with Crippen LogP contribution < -0.4 is 10.6 Å². The highest BCUT2D eigenvalue weighted by Gasteiger charge is 2.12. The maximum atomic E-state index is 12.4. The standard InChI is InChI=1S/C23H24N4O2/c1-15(2)20-14-21(16(3)13-22(20)28)25-23(29)24-17-9-11-19(12-10-17)27-26-18-7-5-4-6-8-18/h4-15,28H,1-3H3,(H2,24,25,29). The molecular formula is C23H24N4O2. The maximum Gasteiger partial charge on any atom is 0.323 e. The molecule has 3 aromatic rings. The second-order valence-corrected chi connectivity index (χ2v) is 7.04. The Morgan fingerprint density at radius 1 is 0.897 bits per heavy atom. The number of amides is 2. The number of phenols is 1. The first-order valence-electron chi connectivity index (χ1n) is 9.41. The van der Waals surface area contributed by atoms with Crippen molar-refractivity contribution in [3.63, 3.8) is 0 Å². The molecule has 6 nitrogen and oxygen atoms in total. The number of azo groups is 1. The number of phenolic OH excluding ortho intramolecular Hbond substituents is 1. The topological polar surface area (TPSA) is 86.1 Å². The van der Waals surface area contributed by atoms with Gasteiger partial charge >= 0.3 is 6.03 Å². The normalized spacial score (nSPS) is 11.0. The summed E-state index contributed by atoms with van der Waals surface area (Å²) in [6, 6.07) is 19.7. The van der Waals surface area contributed by atoms with Crippen molar-refractivity contribution in [2.45, 2.75) is 26.7 Å². The largest absolute Gasteiger partial charge is 0.508 e. The van der Waals surface area contributed by atoms with Crippen LogP contribution in [0.1, 0.15) is 30.9 Å². The number of nitrogens with zero attached hydrogens (tertiary/aromatic N) is 2. The number of nitrogens with one attached hydrogen (secondary N) is 2. The zero-order valence-corrected chi connectivity index (χ0v) is 16.7. The van der Waals surface area contributed by atoms with E-state index in [1.165, 1.54) is 0 Å². The average molecular weight is 388 g/mol. The van der Waals surface area contributed by atoms with Crippen molar-refractivity contribution in [2.24, 2.45) is 10.2 Å². The molecule has 29 heavy (non-hydrogen) atoms. The molecular weight excluding hydrogens is 364 g/mol. The van der Waals surface area contributed by atoms with E-state index in [0.717, 1.165) is 16.8 Å². The van der Waals surface area contributed by atoms with Gasteiger partial charge in [0.2, 0.25) is 0 Å². The van der Waals surface area contributed by atoms with Gasteiger partial charge in [0, 0.05) is 11.4 Å². The van der Waals surface area contributed by atoms with Gasteiger partial charge < -0.3 is 15.7 Å².